The summed E-state index contributed by atoms with van der Waals surface area (Å²) in [5, 5.41) is 21.4. The van der Waals surface area contributed by atoms with E-state index < -0.39 is 13.1 Å². The summed E-state index contributed by atoms with van der Waals surface area (Å²) >= 11 is 0. The normalized spacial score (nSPS) is 11.7. The molecule has 0 saturated carbocycles. The second-order valence-electron chi connectivity index (χ2n) is 4.14. The molecule has 2 rings (SSSR count). The number of rotatable bonds is 4. The molecule has 0 bridgehead atoms. The van der Waals surface area contributed by atoms with Crippen molar-refractivity contribution in [2.45, 2.75) is 5.94 Å². The summed E-state index contributed by atoms with van der Waals surface area (Å²) in [6, 6.07) is 17.5. The lowest BCUT2D eigenvalue weighted by Gasteiger charge is -2.18. The SMILES string of the molecule is O=C(NC(B(O)O)c1ccccc1)c1ccccc1. The van der Waals surface area contributed by atoms with Crippen LogP contribution in [-0.2, 0) is 0 Å². The van der Waals surface area contributed by atoms with Crippen molar-refractivity contribution in [1.29, 1.82) is 0 Å². The lowest BCUT2D eigenvalue weighted by Crippen LogP contribution is -2.39. The van der Waals surface area contributed by atoms with Crippen LogP contribution in [0, 0.1) is 0 Å². The molecule has 1 atom stereocenters. The van der Waals surface area contributed by atoms with E-state index in [1.54, 1.807) is 48.5 Å². The van der Waals surface area contributed by atoms with E-state index in [1.165, 1.54) is 0 Å². The van der Waals surface area contributed by atoms with Gasteiger partial charge >= 0.3 is 7.12 Å². The molecule has 4 nitrogen and oxygen atoms in total. The lowest BCUT2D eigenvalue weighted by molar-refractivity contribution is 0.0942. The van der Waals surface area contributed by atoms with Gasteiger partial charge in [-0.2, -0.15) is 0 Å². The third-order valence-electron chi connectivity index (χ3n) is 2.78. The minimum absolute atomic E-state index is 0.345. The fourth-order valence-corrected chi connectivity index (χ4v) is 1.80. The van der Waals surface area contributed by atoms with E-state index in [0.29, 0.717) is 11.1 Å². The van der Waals surface area contributed by atoms with Gasteiger partial charge in [-0.1, -0.05) is 48.5 Å². The summed E-state index contributed by atoms with van der Waals surface area (Å²) in [6.45, 7) is 0. The van der Waals surface area contributed by atoms with Gasteiger partial charge in [-0.15, -0.1) is 0 Å². The van der Waals surface area contributed by atoms with Gasteiger partial charge in [-0.3, -0.25) is 4.79 Å². The van der Waals surface area contributed by atoms with Gasteiger partial charge in [0.1, 0.15) is 0 Å². The molecule has 0 radical (unpaired) electrons. The number of amides is 1. The fourth-order valence-electron chi connectivity index (χ4n) is 1.80. The van der Waals surface area contributed by atoms with Crippen molar-refractivity contribution in [3.8, 4) is 0 Å². The van der Waals surface area contributed by atoms with Crippen LogP contribution in [0.4, 0.5) is 0 Å². The Hall–Kier alpha value is -2.11. The van der Waals surface area contributed by atoms with Crippen LogP contribution in [0.3, 0.4) is 0 Å². The summed E-state index contributed by atoms with van der Waals surface area (Å²) in [5.41, 5.74) is 1.12. The van der Waals surface area contributed by atoms with Crippen molar-refractivity contribution in [1.82, 2.24) is 5.32 Å². The van der Waals surface area contributed by atoms with Gasteiger partial charge in [-0.05, 0) is 17.7 Å². The molecule has 0 fully saturated rings. The van der Waals surface area contributed by atoms with Crippen LogP contribution in [0.5, 0.6) is 0 Å². The zero-order valence-corrected chi connectivity index (χ0v) is 10.2. The highest BCUT2D eigenvalue weighted by Gasteiger charge is 2.27. The molecule has 0 aliphatic heterocycles. The molecular formula is C14H14BNO3. The Balaban J connectivity index is 2.17. The monoisotopic (exact) mass is 255 g/mol. The first kappa shape index (κ1) is 13.3. The lowest BCUT2D eigenvalue weighted by atomic mass is 9.75. The smallest absolute Gasteiger partial charge is 0.426 e. The van der Waals surface area contributed by atoms with Crippen molar-refractivity contribution in [2.75, 3.05) is 0 Å². The number of carbonyl (C=O) groups is 1. The zero-order chi connectivity index (χ0) is 13.7. The Morgan fingerprint density at radius 1 is 0.947 bits per heavy atom. The van der Waals surface area contributed by atoms with E-state index >= 15 is 0 Å². The van der Waals surface area contributed by atoms with Crippen molar-refractivity contribution in [3.05, 3.63) is 71.8 Å². The number of benzene rings is 2. The van der Waals surface area contributed by atoms with Gasteiger partial charge < -0.3 is 15.4 Å². The maximum atomic E-state index is 12.0. The summed E-state index contributed by atoms with van der Waals surface area (Å²) in [6.07, 6.45) is 0. The summed E-state index contributed by atoms with van der Waals surface area (Å²) in [7, 11) is -1.66. The molecule has 5 heteroatoms. The first-order chi connectivity index (χ1) is 9.18. The van der Waals surface area contributed by atoms with E-state index in [2.05, 4.69) is 5.32 Å². The molecule has 0 saturated heterocycles. The maximum absolute atomic E-state index is 12.0. The molecule has 1 unspecified atom stereocenters. The summed E-state index contributed by atoms with van der Waals surface area (Å²) in [5.74, 6) is -1.20. The molecule has 3 N–H and O–H groups in total. The molecule has 0 aliphatic rings. The average molecular weight is 255 g/mol. The minimum atomic E-state index is -1.66. The van der Waals surface area contributed by atoms with Crippen molar-refractivity contribution >= 4 is 13.0 Å². The Bertz CT molecular complexity index is 531. The van der Waals surface area contributed by atoms with E-state index in [9.17, 15) is 14.8 Å². The summed E-state index contributed by atoms with van der Waals surface area (Å²) < 4.78 is 0. The number of nitrogens with one attached hydrogen (secondary N) is 1. The van der Waals surface area contributed by atoms with Crippen LogP contribution in [-0.4, -0.2) is 23.1 Å². The third-order valence-corrected chi connectivity index (χ3v) is 2.78. The third kappa shape index (κ3) is 3.43. The predicted octanol–water partition coefficient (Wildman–Crippen LogP) is 1.17. The second-order valence-corrected chi connectivity index (χ2v) is 4.14. The highest BCUT2D eigenvalue weighted by molar-refractivity contribution is 6.43. The molecule has 0 spiro atoms. The first-order valence-electron chi connectivity index (χ1n) is 5.95. The zero-order valence-electron chi connectivity index (χ0n) is 10.2. The highest BCUT2D eigenvalue weighted by Crippen LogP contribution is 2.14. The van der Waals surface area contributed by atoms with E-state index in [-0.39, 0.29) is 5.91 Å². The van der Waals surface area contributed by atoms with E-state index in [0.717, 1.165) is 0 Å². The first-order valence-corrected chi connectivity index (χ1v) is 5.95. The van der Waals surface area contributed by atoms with Gasteiger partial charge in [0.05, 0.1) is 5.94 Å². The predicted molar refractivity (Wildman–Crippen MR) is 73.3 cm³/mol. The Morgan fingerprint density at radius 3 is 2.00 bits per heavy atom. The van der Waals surface area contributed by atoms with Crippen LogP contribution >= 0.6 is 0 Å². The van der Waals surface area contributed by atoms with E-state index in [4.69, 9.17) is 0 Å². The Labute approximate surface area is 111 Å². The van der Waals surface area contributed by atoms with Crippen LogP contribution in [0.1, 0.15) is 21.9 Å². The van der Waals surface area contributed by atoms with Crippen molar-refractivity contribution in [3.63, 3.8) is 0 Å². The molecule has 0 heterocycles. The minimum Gasteiger partial charge on any atom is -0.426 e. The van der Waals surface area contributed by atoms with Gasteiger partial charge in [0, 0.05) is 5.56 Å². The van der Waals surface area contributed by atoms with Crippen LogP contribution in [0.2, 0.25) is 0 Å². The standard InChI is InChI=1S/C14H14BNO3/c17-14(12-9-5-2-6-10-12)16-13(15(18)19)11-7-3-1-4-8-11/h1-10,13,18-19H,(H,16,17). The molecule has 0 aromatic heterocycles. The van der Waals surface area contributed by atoms with Crippen LogP contribution in [0.15, 0.2) is 60.7 Å². The average Bonchev–Trinajstić information content (AvgIpc) is 2.46. The van der Waals surface area contributed by atoms with Gasteiger partial charge in [0.25, 0.3) is 5.91 Å². The summed E-state index contributed by atoms with van der Waals surface area (Å²) in [4.78, 5) is 12.0. The molecule has 19 heavy (non-hydrogen) atoms. The van der Waals surface area contributed by atoms with Crippen LogP contribution in [0.25, 0.3) is 0 Å². The number of carbonyl (C=O) groups excluding carboxylic acids is 1. The van der Waals surface area contributed by atoms with Gasteiger partial charge in [0.15, 0.2) is 0 Å². The molecule has 2 aromatic rings. The van der Waals surface area contributed by atoms with Crippen molar-refractivity contribution in [2.24, 2.45) is 0 Å². The second kappa shape index (κ2) is 6.18. The molecule has 0 aliphatic carbocycles. The molecule has 1 amide bonds. The van der Waals surface area contributed by atoms with Gasteiger partial charge in [0.2, 0.25) is 0 Å². The highest BCUT2D eigenvalue weighted by atomic mass is 16.4. The Morgan fingerprint density at radius 2 is 1.47 bits per heavy atom. The molecule has 96 valence electrons. The topological polar surface area (TPSA) is 69.6 Å². The number of hydrogen-bond acceptors (Lipinski definition) is 3. The molecule has 2 aromatic carbocycles. The Kier molecular flexibility index (Phi) is 4.33. The van der Waals surface area contributed by atoms with E-state index in [1.807, 2.05) is 12.1 Å². The number of hydrogen-bond donors (Lipinski definition) is 3. The quantitative estimate of drug-likeness (QED) is 0.718. The largest absolute Gasteiger partial charge is 0.480 e. The van der Waals surface area contributed by atoms with Gasteiger partial charge in [-0.25, -0.2) is 0 Å². The maximum Gasteiger partial charge on any atom is 0.480 e. The fraction of sp³-hybridized carbons (Fsp3) is 0.0714. The van der Waals surface area contributed by atoms with Crippen molar-refractivity contribution < 1.29 is 14.8 Å². The molecular weight excluding hydrogens is 241 g/mol. The van der Waals surface area contributed by atoms with Crippen LogP contribution < -0.4 is 5.32 Å².